The van der Waals surface area contributed by atoms with Gasteiger partial charge in [0.05, 0.1) is 0 Å². The van der Waals surface area contributed by atoms with Crippen LogP contribution in [0.15, 0.2) is 72.9 Å². The number of hydrogen-bond acceptors (Lipinski definition) is 6. The summed E-state index contributed by atoms with van der Waals surface area (Å²) in [5.41, 5.74) is 0. The van der Waals surface area contributed by atoms with E-state index in [2.05, 4.69) is 93.7 Å². The normalized spacial score (nSPS) is 12.6. The number of ether oxygens (including phenoxy) is 3. The Labute approximate surface area is 427 Å². The summed E-state index contributed by atoms with van der Waals surface area (Å²) < 4.78 is 16.7. The van der Waals surface area contributed by atoms with Crippen LogP contribution in [0.3, 0.4) is 0 Å². The molecule has 0 aromatic carbocycles. The lowest BCUT2D eigenvalue weighted by Gasteiger charge is -2.18. The van der Waals surface area contributed by atoms with E-state index < -0.39 is 6.10 Å². The lowest BCUT2D eigenvalue weighted by Crippen LogP contribution is -2.30. The fraction of sp³-hybridized carbons (Fsp3) is 0.762. The van der Waals surface area contributed by atoms with Crippen LogP contribution in [0.2, 0.25) is 0 Å². The molecule has 0 radical (unpaired) electrons. The van der Waals surface area contributed by atoms with E-state index in [1.807, 2.05) is 0 Å². The van der Waals surface area contributed by atoms with Crippen LogP contribution in [0.4, 0.5) is 0 Å². The number of unbranched alkanes of at least 4 members (excludes halogenated alkanes) is 30. The zero-order chi connectivity index (χ0) is 50.0. The lowest BCUT2D eigenvalue weighted by molar-refractivity contribution is -0.167. The maximum absolute atomic E-state index is 12.8. The van der Waals surface area contributed by atoms with E-state index in [0.29, 0.717) is 19.3 Å². The number of carbonyl (C=O) groups excluding carboxylic acids is 3. The van der Waals surface area contributed by atoms with E-state index in [1.54, 1.807) is 0 Å². The Morgan fingerprint density at radius 3 is 0.884 bits per heavy atom. The lowest BCUT2D eigenvalue weighted by atomic mass is 10.0. The van der Waals surface area contributed by atoms with Gasteiger partial charge in [-0.25, -0.2) is 0 Å². The third-order valence-corrected chi connectivity index (χ3v) is 12.7. The topological polar surface area (TPSA) is 78.9 Å². The molecule has 1 atom stereocenters. The summed E-state index contributed by atoms with van der Waals surface area (Å²) in [6, 6.07) is 0. The predicted molar refractivity (Wildman–Crippen MR) is 298 cm³/mol. The molecule has 0 fully saturated rings. The van der Waals surface area contributed by atoms with Gasteiger partial charge in [-0.15, -0.1) is 0 Å². The van der Waals surface area contributed by atoms with Crippen LogP contribution >= 0.6 is 0 Å². The molecule has 0 heterocycles. The zero-order valence-corrected chi connectivity index (χ0v) is 45.6. The molecule has 0 amide bonds. The van der Waals surface area contributed by atoms with E-state index in [4.69, 9.17) is 14.2 Å². The Kier molecular flexibility index (Phi) is 54.8. The van der Waals surface area contributed by atoms with Gasteiger partial charge >= 0.3 is 17.9 Å². The second-order valence-corrected chi connectivity index (χ2v) is 19.5. The van der Waals surface area contributed by atoms with E-state index in [9.17, 15) is 14.4 Å². The van der Waals surface area contributed by atoms with Gasteiger partial charge in [0.1, 0.15) is 13.2 Å². The van der Waals surface area contributed by atoms with Gasteiger partial charge in [-0.3, -0.25) is 14.4 Å². The first-order chi connectivity index (χ1) is 34.0. The van der Waals surface area contributed by atoms with Crippen LogP contribution in [-0.4, -0.2) is 37.2 Å². The Morgan fingerprint density at radius 2 is 0.565 bits per heavy atom. The van der Waals surface area contributed by atoms with Crippen molar-refractivity contribution >= 4 is 17.9 Å². The minimum absolute atomic E-state index is 0.0905. The summed E-state index contributed by atoms with van der Waals surface area (Å²) in [4.78, 5) is 37.9. The minimum atomic E-state index is -0.794. The van der Waals surface area contributed by atoms with Crippen molar-refractivity contribution in [2.24, 2.45) is 0 Å². The second-order valence-electron chi connectivity index (χ2n) is 19.5. The molecule has 6 nitrogen and oxygen atoms in total. The highest BCUT2D eigenvalue weighted by molar-refractivity contribution is 5.71. The molecule has 0 aliphatic heterocycles. The zero-order valence-electron chi connectivity index (χ0n) is 45.6. The van der Waals surface area contributed by atoms with Crippen LogP contribution in [-0.2, 0) is 28.6 Å². The van der Waals surface area contributed by atoms with Crippen molar-refractivity contribution in [1.82, 2.24) is 0 Å². The summed E-state index contributed by atoms with van der Waals surface area (Å²) >= 11 is 0. The van der Waals surface area contributed by atoms with Gasteiger partial charge in [0.25, 0.3) is 0 Å². The van der Waals surface area contributed by atoms with Crippen molar-refractivity contribution in [3.63, 3.8) is 0 Å². The van der Waals surface area contributed by atoms with E-state index in [-0.39, 0.29) is 37.5 Å². The first-order valence-electron chi connectivity index (χ1n) is 29.4. The molecule has 1 unspecified atom stereocenters. The highest BCUT2D eigenvalue weighted by Crippen LogP contribution is 2.17. The van der Waals surface area contributed by atoms with Crippen molar-refractivity contribution in [3.8, 4) is 0 Å². The monoisotopic (exact) mass is 963 g/mol. The molecule has 0 saturated carbocycles. The average molecular weight is 964 g/mol. The highest BCUT2D eigenvalue weighted by atomic mass is 16.6. The van der Waals surface area contributed by atoms with Crippen molar-refractivity contribution < 1.29 is 28.6 Å². The quantitative estimate of drug-likeness (QED) is 0.0262. The van der Waals surface area contributed by atoms with E-state index >= 15 is 0 Å². The fourth-order valence-electron chi connectivity index (χ4n) is 8.33. The Morgan fingerprint density at radius 1 is 0.304 bits per heavy atom. The molecule has 0 aromatic rings. The first-order valence-corrected chi connectivity index (χ1v) is 29.4. The fourth-order valence-corrected chi connectivity index (χ4v) is 8.33. The molecule has 0 rings (SSSR count). The van der Waals surface area contributed by atoms with Crippen molar-refractivity contribution in [3.05, 3.63) is 72.9 Å². The maximum atomic E-state index is 12.8. The molecule has 0 spiro atoms. The van der Waals surface area contributed by atoms with Gasteiger partial charge in [0.15, 0.2) is 6.10 Å². The summed E-state index contributed by atoms with van der Waals surface area (Å²) in [7, 11) is 0. The summed E-state index contributed by atoms with van der Waals surface area (Å²) in [5.74, 6) is -0.935. The number of hydrogen-bond donors (Lipinski definition) is 0. The van der Waals surface area contributed by atoms with Crippen LogP contribution in [0, 0.1) is 0 Å². The van der Waals surface area contributed by atoms with Crippen molar-refractivity contribution in [2.75, 3.05) is 13.2 Å². The van der Waals surface area contributed by atoms with Gasteiger partial charge < -0.3 is 14.2 Å². The van der Waals surface area contributed by atoms with Gasteiger partial charge in [0.2, 0.25) is 0 Å². The van der Waals surface area contributed by atoms with E-state index in [0.717, 1.165) is 89.9 Å². The molecule has 0 bridgehead atoms. The standard InChI is InChI=1S/C63H110O6/c1-4-7-10-13-16-18-20-22-24-26-28-30-31-32-34-35-37-39-41-43-45-47-50-53-56-62(65)68-59-60(58-67-61(64)55-52-49-15-12-9-6-3)69-63(66)57-54-51-48-46-44-42-40-38-36-33-29-27-25-23-21-19-17-14-11-8-5-2/h8,11,17,19,23,25,29,33,38,40,44,46,60H,4-7,9-10,12-16,18,20-22,24,26-28,30-32,34-37,39,41-43,45,47-59H2,1-3H3/b11-8-,19-17-,25-23-,33-29-,40-38-,46-44-. The Bertz CT molecular complexity index is 1290. The predicted octanol–water partition coefficient (Wildman–Crippen LogP) is 19.8. The smallest absolute Gasteiger partial charge is 0.306 e. The third kappa shape index (κ3) is 55.6. The van der Waals surface area contributed by atoms with Crippen molar-refractivity contribution in [1.29, 1.82) is 0 Å². The average Bonchev–Trinajstić information content (AvgIpc) is 3.35. The molecule has 0 saturated heterocycles. The number of rotatable bonds is 53. The molecule has 0 aliphatic carbocycles. The van der Waals surface area contributed by atoms with Crippen molar-refractivity contribution in [2.45, 2.75) is 297 Å². The van der Waals surface area contributed by atoms with Gasteiger partial charge in [-0.05, 0) is 70.6 Å². The number of esters is 3. The first kappa shape index (κ1) is 65.8. The highest BCUT2D eigenvalue weighted by Gasteiger charge is 2.19. The SMILES string of the molecule is CC/C=C\C/C=C\C/C=C\C/C=C\C/C=C\C/C=C\CCCCC(=O)OC(COC(=O)CCCCCCCC)COC(=O)CCCCCCCCCCCCCCCCCCCCCCCCCC. The molecule has 0 aromatic heterocycles. The Hall–Kier alpha value is -3.15. The van der Waals surface area contributed by atoms with Gasteiger partial charge in [0, 0.05) is 19.3 Å². The van der Waals surface area contributed by atoms with Gasteiger partial charge in [-0.2, -0.15) is 0 Å². The number of carbonyl (C=O) groups is 3. The minimum Gasteiger partial charge on any atom is -0.462 e. The van der Waals surface area contributed by atoms with Crippen LogP contribution in [0.25, 0.3) is 0 Å². The van der Waals surface area contributed by atoms with E-state index in [1.165, 1.54) is 154 Å². The molecule has 6 heteroatoms. The Balaban J connectivity index is 4.17. The number of allylic oxidation sites excluding steroid dienone is 12. The van der Waals surface area contributed by atoms with Gasteiger partial charge in [-0.1, -0.05) is 273 Å². The van der Waals surface area contributed by atoms with Crippen LogP contribution < -0.4 is 0 Å². The summed E-state index contributed by atoms with van der Waals surface area (Å²) in [6.07, 6.45) is 73.7. The molecule has 0 aliphatic rings. The molecule has 0 N–H and O–H groups in total. The summed E-state index contributed by atoms with van der Waals surface area (Å²) in [6.45, 7) is 6.46. The molecule has 398 valence electrons. The van der Waals surface area contributed by atoms with Crippen LogP contribution in [0.1, 0.15) is 290 Å². The summed E-state index contributed by atoms with van der Waals surface area (Å²) in [5, 5.41) is 0. The molecule has 69 heavy (non-hydrogen) atoms. The maximum Gasteiger partial charge on any atom is 0.306 e. The molecular weight excluding hydrogens is 853 g/mol. The largest absolute Gasteiger partial charge is 0.462 e. The van der Waals surface area contributed by atoms with Crippen LogP contribution in [0.5, 0.6) is 0 Å². The third-order valence-electron chi connectivity index (χ3n) is 12.7. The second kappa shape index (κ2) is 57.4. The molecular formula is C63H110O6.